The SMILES string of the molecule is Cc1c(O)c2c(c3ccccc13)O2. The van der Waals surface area contributed by atoms with Crippen LogP contribution in [0.5, 0.6) is 17.2 Å². The number of benzene rings is 2. The minimum atomic E-state index is 0.286. The Morgan fingerprint density at radius 2 is 1.77 bits per heavy atom. The van der Waals surface area contributed by atoms with E-state index in [1.807, 2.05) is 31.2 Å². The zero-order valence-electron chi connectivity index (χ0n) is 7.16. The predicted octanol–water partition coefficient (Wildman–Crippen LogP) is 2.96. The minimum absolute atomic E-state index is 0.286. The summed E-state index contributed by atoms with van der Waals surface area (Å²) in [6.45, 7) is 1.90. The van der Waals surface area contributed by atoms with E-state index in [0.717, 1.165) is 22.1 Å². The molecule has 0 bridgehead atoms. The van der Waals surface area contributed by atoms with Crippen LogP contribution in [0.2, 0.25) is 0 Å². The van der Waals surface area contributed by atoms with E-state index in [1.54, 1.807) is 0 Å². The van der Waals surface area contributed by atoms with Gasteiger partial charge in [0.25, 0.3) is 0 Å². The molecule has 1 heterocycles. The quantitative estimate of drug-likeness (QED) is 0.529. The first-order valence-electron chi connectivity index (χ1n) is 4.21. The summed E-state index contributed by atoms with van der Waals surface area (Å²) in [6, 6.07) is 7.93. The second-order valence-corrected chi connectivity index (χ2v) is 3.28. The minimum Gasteiger partial charge on any atom is -0.504 e. The van der Waals surface area contributed by atoms with Gasteiger partial charge in [-0.2, -0.15) is 0 Å². The molecular formula is C11H8O2. The Balaban J connectivity index is 2.57. The van der Waals surface area contributed by atoms with E-state index >= 15 is 0 Å². The molecule has 0 saturated heterocycles. The number of ether oxygens (including phenoxy) is 1. The van der Waals surface area contributed by atoms with E-state index in [4.69, 9.17) is 4.74 Å². The molecule has 0 fully saturated rings. The maximum absolute atomic E-state index is 9.63. The fourth-order valence-electron chi connectivity index (χ4n) is 1.72. The van der Waals surface area contributed by atoms with Gasteiger partial charge in [0.2, 0.25) is 5.75 Å². The Bertz CT molecular complexity index is 515. The number of aryl methyl sites for hydroxylation is 1. The van der Waals surface area contributed by atoms with E-state index in [-0.39, 0.29) is 5.75 Å². The molecule has 0 atom stereocenters. The van der Waals surface area contributed by atoms with Crippen molar-refractivity contribution in [3.8, 4) is 17.2 Å². The van der Waals surface area contributed by atoms with E-state index in [0.29, 0.717) is 5.75 Å². The van der Waals surface area contributed by atoms with Gasteiger partial charge in [0.15, 0.2) is 11.5 Å². The van der Waals surface area contributed by atoms with Gasteiger partial charge < -0.3 is 9.84 Å². The summed E-state index contributed by atoms with van der Waals surface area (Å²) in [5.74, 6) is 1.77. The van der Waals surface area contributed by atoms with Crippen molar-refractivity contribution in [2.24, 2.45) is 0 Å². The number of phenols is 1. The lowest BCUT2D eigenvalue weighted by molar-refractivity contribution is 0.460. The average molecular weight is 172 g/mol. The van der Waals surface area contributed by atoms with Crippen molar-refractivity contribution in [1.82, 2.24) is 0 Å². The first kappa shape index (κ1) is 6.78. The van der Waals surface area contributed by atoms with Gasteiger partial charge in [-0.05, 0) is 12.3 Å². The van der Waals surface area contributed by atoms with Gasteiger partial charge in [-0.15, -0.1) is 0 Å². The fraction of sp³-hybridized carbons (Fsp3) is 0.0909. The zero-order valence-corrected chi connectivity index (χ0v) is 7.16. The highest BCUT2D eigenvalue weighted by molar-refractivity contribution is 5.99. The number of hydrogen-bond acceptors (Lipinski definition) is 2. The molecule has 0 saturated carbocycles. The highest BCUT2D eigenvalue weighted by Gasteiger charge is 2.30. The molecule has 2 aromatic carbocycles. The fourth-order valence-corrected chi connectivity index (χ4v) is 1.72. The van der Waals surface area contributed by atoms with Gasteiger partial charge in [-0.1, -0.05) is 24.3 Å². The van der Waals surface area contributed by atoms with E-state index in [1.165, 1.54) is 0 Å². The summed E-state index contributed by atoms with van der Waals surface area (Å²) >= 11 is 0. The van der Waals surface area contributed by atoms with Crippen LogP contribution in [0.4, 0.5) is 0 Å². The van der Waals surface area contributed by atoms with Crippen molar-refractivity contribution >= 4 is 10.8 Å². The number of fused-ring (bicyclic) bond motifs is 3. The third-order valence-corrected chi connectivity index (χ3v) is 2.51. The molecule has 13 heavy (non-hydrogen) atoms. The smallest absolute Gasteiger partial charge is 0.212 e. The van der Waals surface area contributed by atoms with E-state index in [2.05, 4.69) is 0 Å². The standard InChI is InChI=1S/C11H8O2/c1-6-7-4-2-3-5-8(7)10-11(13-10)9(6)12/h2-5,12H,1H3. The van der Waals surface area contributed by atoms with Crippen LogP contribution in [0.1, 0.15) is 5.56 Å². The van der Waals surface area contributed by atoms with Gasteiger partial charge in [0.05, 0.1) is 0 Å². The van der Waals surface area contributed by atoms with Crippen molar-refractivity contribution in [2.45, 2.75) is 6.92 Å². The maximum atomic E-state index is 9.63. The molecule has 64 valence electrons. The van der Waals surface area contributed by atoms with Crippen molar-refractivity contribution in [3.05, 3.63) is 29.8 Å². The summed E-state index contributed by atoms with van der Waals surface area (Å²) in [7, 11) is 0. The Morgan fingerprint density at radius 3 is 2.54 bits per heavy atom. The molecule has 0 amide bonds. The van der Waals surface area contributed by atoms with Gasteiger partial charge in [-0.25, -0.2) is 0 Å². The topological polar surface area (TPSA) is 32.8 Å². The van der Waals surface area contributed by atoms with Crippen molar-refractivity contribution in [1.29, 1.82) is 0 Å². The average Bonchev–Trinajstić information content (AvgIpc) is 2.94. The van der Waals surface area contributed by atoms with Crippen LogP contribution >= 0.6 is 0 Å². The highest BCUT2D eigenvalue weighted by atomic mass is 16.6. The molecule has 0 unspecified atom stereocenters. The Kier molecular flexibility index (Phi) is 1.02. The van der Waals surface area contributed by atoms with Crippen molar-refractivity contribution in [3.63, 3.8) is 0 Å². The summed E-state index contributed by atoms with van der Waals surface area (Å²) < 4.78 is 5.21. The van der Waals surface area contributed by atoms with Crippen molar-refractivity contribution in [2.75, 3.05) is 0 Å². The van der Waals surface area contributed by atoms with Crippen molar-refractivity contribution < 1.29 is 9.84 Å². The molecule has 0 aliphatic carbocycles. The normalized spacial score (nSPS) is 12.4. The van der Waals surface area contributed by atoms with Crippen LogP contribution in [-0.2, 0) is 0 Å². The van der Waals surface area contributed by atoms with E-state index in [9.17, 15) is 5.11 Å². The third-order valence-electron chi connectivity index (χ3n) is 2.51. The van der Waals surface area contributed by atoms with Gasteiger partial charge >= 0.3 is 0 Å². The number of hydrogen-bond donors (Lipinski definition) is 1. The summed E-state index contributed by atoms with van der Waals surface area (Å²) in [4.78, 5) is 0. The molecular weight excluding hydrogens is 164 g/mol. The first-order chi connectivity index (χ1) is 6.29. The molecule has 1 N–H and O–H groups in total. The second-order valence-electron chi connectivity index (χ2n) is 3.28. The highest BCUT2D eigenvalue weighted by Crippen LogP contribution is 2.58. The molecule has 2 nitrogen and oxygen atoms in total. The summed E-state index contributed by atoms with van der Waals surface area (Å²) in [5.41, 5.74) is 0.895. The Labute approximate surface area is 75.4 Å². The van der Waals surface area contributed by atoms with E-state index < -0.39 is 0 Å². The van der Waals surface area contributed by atoms with Crippen LogP contribution < -0.4 is 4.74 Å². The number of phenolic OH excluding ortho intramolecular Hbond substituents is 1. The third kappa shape index (κ3) is 0.724. The molecule has 2 aromatic rings. The maximum Gasteiger partial charge on any atom is 0.212 e. The Morgan fingerprint density at radius 1 is 1.08 bits per heavy atom. The lowest BCUT2D eigenvalue weighted by Gasteiger charge is -1.98. The van der Waals surface area contributed by atoms with Gasteiger partial charge in [0, 0.05) is 10.9 Å². The largest absolute Gasteiger partial charge is 0.504 e. The lowest BCUT2D eigenvalue weighted by atomic mass is 10.1. The Hall–Kier alpha value is -1.70. The summed E-state index contributed by atoms with van der Waals surface area (Å²) in [5, 5.41) is 11.8. The molecule has 0 radical (unpaired) electrons. The van der Waals surface area contributed by atoms with Crippen LogP contribution in [0.3, 0.4) is 0 Å². The number of rotatable bonds is 0. The molecule has 1 aliphatic heterocycles. The monoisotopic (exact) mass is 172 g/mol. The first-order valence-corrected chi connectivity index (χ1v) is 4.21. The van der Waals surface area contributed by atoms with Gasteiger partial charge in [0.1, 0.15) is 0 Å². The lowest BCUT2D eigenvalue weighted by Crippen LogP contribution is -1.74. The van der Waals surface area contributed by atoms with Crippen LogP contribution in [-0.4, -0.2) is 5.11 Å². The van der Waals surface area contributed by atoms with Crippen LogP contribution in [0.15, 0.2) is 24.3 Å². The predicted molar refractivity (Wildman–Crippen MR) is 50.4 cm³/mol. The molecule has 1 aliphatic rings. The summed E-state index contributed by atoms with van der Waals surface area (Å²) in [6.07, 6.45) is 0. The molecule has 0 aromatic heterocycles. The zero-order chi connectivity index (χ0) is 9.00. The van der Waals surface area contributed by atoms with Crippen LogP contribution in [0.25, 0.3) is 10.8 Å². The molecule has 2 heteroatoms. The molecule has 3 rings (SSSR count). The van der Waals surface area contributed by atoms with Gasteiger partial charge in [-0.3, -0.25) is 0 Å². The molecule has 0 spiro atoms. The number of aromatic hydroxyl groups is 1. The van der Waals surface area contributed by atoms with Crippen LogP contribution in [0, 0.1) is 6.92 Å². The second kappa shape index (κ2) is 1.96.